The Morgan fingerprint density at radius 3 is 2.58 bits per heavy atom. The van der Waals surface area contributed by atoms with Crippen molar-refractivity contribution in [2.24, 2.45) is 4.99 Å². The number of carbonyl (C=O) groups is 1. The van der Waals surface area contributed by atoms with Crippen LogP contribution >= 0.6 is 0 Å². The summed E-state index contributed by atoms with van der Waals surface area (Å²) < 4.78 is 0. The molecule has 0 aliphatic heterocycles. The monoisotopic (exact) mass is 330 g/mol. The topological polar surface area (TPSA) is 123 Å². The highest BCUT2D eigenvalue weighted by Crippen LogP contribution is 2.23. The van der Waals surface area contributed by atoms with Crippen molar-refractivity contribution in [3.63, 3.8) is 0 Å². The molecule has 7 heteroatoms. The highest BCUT2D eigenvalue weighted by molar-refractivity contribution is 5.88. The lowest BCUT2D eigenvalue weighted by Gasteiger charge is -2.19. The zero-order valence-corrected chi connectivity index (χ0v) is 13.0. The van der Waals surface area contributed by atoms with E-state index in [1.165, 1.54) is 6.20 Å². The SMILES string of the molecule is Cc1ncc(CO)c(/C=N/C(O)(Cc2ccccc2)C(=O)O)c1O. The third-order valence-corrected chi connectivity index (χ3v) is 3.57. The van der Waals surface area contributed by atoms with E-state index in [2.05, 4.69) is 9.98 Å². The van der Waals surface area contributed by atoms with Gasteiger partial charge in [0.1, 0.15) is 5.75 Å². The Hall–Kier alpha value is -2.77. The van der Waals surface area contributed by atoms with E-state index >= 15 is 0 Å². The quantitative estimate of drug-likeness (QED) is 0.586. The lowest BCUT2D eigenvalue weighted by molar-refractivity contribution is -0.157. The van der Waals surface area contributed by atoms with Gasteiger partial charge in [-0.2, -0.15) is 0 Å². The number of hydrogen-bond acceptors (Lipinski definition) is 6. The molecule has 0 saturated heterocycles. The number of aliphatic carboxylic acids is 1. The van der Waals surface area contributed by atoms with Crippen molar-refractivity contribution in [3.8, 4) is 5.75 Å². The van der Waals surface area contributed by atoms with E-state index in [-0.39, 0.29) is 23.3 Å². The van der Waals surface area contributed by atoms with Crippen molar-refractivity contribution in [1.82, 2.24) is 4.98 Å². The predicted octanol–water partition coefficient (Wildman–Crippen LogP) is 1.02. The molecule has 0 radical (unpaired) electrons. The summed E-state index contributed by atoms with van der Waals surface area (Å²) in [6.45, 7) is 1.15. The third-order valence-electron chi connectivity index (χ3n) is 3.57. The van der Waals surface area contributed by atoms with Crippen LogP contribution in [0.25, 0.3) is 0 Å². The first-order valence-electron chi connectivity index (χ1n) is 7.20. The van der Waals surface area contributed by atoms with Crippen LogP contribution in [0.4, 0.5) is 0 Å². The van der Waals surface area contributed by atoms with Crippen LogP contribution in [-0.4, -0.2) is 43.3 Å². The average Bonchev–Trinajstić information content (AvgIpc) is 2.57. The van der Waals surface area contributed by atoms with E-state index in [1.54, 1.807) is 37.3 Å². The molecule has 2 rings (SSSR count). The molecule has 0 spiro atoms. The molecule has 0 aliphatic carbocycles. The lowest BCUT2D eigenvalue weighted by atomic mass is 10.0. The molecule has 2 aromatic rings. The molecule has 1 heterocycles. The summed E-state index contributed by atoms with van der Waals surface area (Å²) in [5, 5.41) is 39.1. The first kappa shape index (κ1) is 17.6. The number of nitrogens with zero attached hydrogens (tertiary/aromatic N) is 2. The number of aromatic nitrogens is 1. The number of aliphatic hydroxyl groups excluding tert-OH is 1. The number of aliphatic hydroxyl groups is 2. The van der Waals surface area contributed by atoms with Crippen LogP contribution < -0.4 is 0 Å². The molecule has 0 amide bonds. The smallest absolute Gasteiger partial charge is 0.359 e. The van der Waals surface area contributed by atoms with E-state index in [9.17, 15) is 25.2 Å². The molecule has 1 aromatic heterocycles. The zero-order chi connectivity index (χ0) is 17.7. The zero-order valence-electron chi connectivity index (χ0n) is 13.0. The normalized spacial score (nSPS) is 13.8. The minimum atomic E-state index is -2.39. The first-order chi connectivity index (χ1) is 11.4. The number of aryl methyl sites for hydroxylation is 1. The predicted molar refractivity (Wildman–Crippen MR) is 86.9 cm³/mol. The van der Waals surface area contributed by atoms with Gasteiger partial charge in [-0.25, -0.2) is 9.79 Å². The second-order valence-electron chi connectivity index (χ2n) is 5.33. The maximum atomic E-state index is 11.5. The molecule has 1 unspecified atom stereocenters. The summed E-state index contributed by atoms with van der Waals surface area (Å²) in [7, 11) is 0. The Kier molecular flexibility index (Phi) is 5.28. The van der Waals surface area contributed by atoms with Gasteiger partial charge in [0.25, 0.3) is 5.72 Å². The Labute approximate surface area is 138 Å². The second-order valence-corrected chi connectivity index (χ2v) is 5.33. The van der Waals surface area contributed by atoms with Crippen LogP contribution in [0, 0.1) is 6.92 Å². The minimum Gasteiger partial charge on any atom is -0.505 e. The van der Waals surface area contributed by atoms with Gasteiger partial charge < -0.3 is 20.4 Å². The summed E-state index contributed by atoms with van der Waals surface area (Å²) in [6.07, 6.45) is 2.17. The highest BCUT2D eigenvalue weighted by Gasteiger charge is 2.35. The van der Waals surface area contributed by atoms with Gasteiger partial charge in [0.2, 0.25) is 0 Å². The summed E-state index contributed by atoms with van der Waals surface area (Å²) in [4.78, 5) is 19.1. The van der Waals surface area contributed by atoms with E-state index in [0.29, 0.717) is 11.3 Å². The molecule has 126 valence electrons. The fourth-order valence-electron chi connectivity index (χ4n) is 2.15. The number of benzene rings is 1. The first-order valence-corrected chi connectivity index (χ1v) is 7.20. The summed E-state index contributed by atoms with van der Waals surface area (Å²) >= 11 is 0. The maximum Gasteiger partial charge on any atom is 0.359 e. The maximum absolute atomic E-state index is 11.5. The van der Waals surface area contributed by atoms with Crippen LogP contribution in [0.3, 0.4) is 0 Å². The molecule has 0 fully saturated rings. The van der Waals surface area contributed by atoms with Crippen LogP contribution in [0.2, 0.25) is 0 Å². The molecule has 0 saturated carbocycles. The van der Waals surface area contributed by atoms with Gasteiger partial charge in [-0.3, -0.25) is 4.98 Å². The van der Waals surface area contributed by atoms with Crippen molar-refractivity contribution in [2.75, 3.05) is 0 Å². The largest absolute Gasteiger partial charge is 0.505 e. The molecule has 0 aliphatic rings. The van der Waals surface area contributed by atoms with E-state index in [0.717, 1.165) is 6.21 Å². The van der Waals surface area contributed by atoms with Crippen molar-refractivity contribution in [1.29, 1.82) is 0 Å². The van der Waals surface area contributed by atoms with Crippen molar-refractivity contribution in [2.45, 2.75) is 25.7 Å². The van der Waals surface area contributed by atoms with Gasteiger partial charge in [0.15, 0.2) is 0 Å². The fourth-order valence-corrected chi connectivity index (χ4v) is 2.15. The Bertz CT molecular complexity index is 761. The number of rotatable bonds is 6. The second kappa shape index (κ2) is 7.20. The molecular weight excluding hydrogens is 312 g/mol. The number of carboxylic acid groups (broad SMARTS) is 1. The lowest BCUT2D eigenvalue weighted by Crippen LogP contribution is -2.39. The van der Waals surface area contributed by atoms with Gasteiger partial charge in [-0.05, 0) is 12.5 Å². The Balaban J connectivity index is 2.39. The minimum absolute atomic E-state index is 0.123. The van der Waals surface area contributed by atoms with Gasteiger partial charge in [0, 0.05) is 30.0 Å². The molecule has 7 nitrogen and oxygen atoms in total. The number of aromatic hydroxyl groups is 1. The summed E-state index contributed by atoms with van der Waals surface area (Å²) in [5.41, 5.74) is -1.10. The molecule has 24 heavy (non-hydrogen) atoms. The molecule has 4 N–H and O–H groups in total. The van der Waals surface area contributed by atoms with Crippen LogP contribution in [0.1, 0.15) is 22.4 Å². The van der Waals surface area contributed by atoms with Crippen LogP contribution in [0.15, 0.2) is 41.5 Å². The van der Waals surface area contributed by atoms with Gasteiger partial charge >= 0.3 is 5.97 Å². The highest BCUT2D eigenvalue weighted by atomic mass is 16.4. The average molecular weight is 330 g/mol. The third kappa shape index (κ3) is 3.76. The van der Waals surface area contributed by atoms with E-state index in [4.69, 9.17) is 0 Å². The van der Waals surface area contributed by atoms with Gasteiger partial charge in [0.05, 0.1) is 12.3 Å². The Morgan fingerprint density at radius 1 is 1.33 bits per heavy atom. The van der Waals surface area contributed by atoms with Crippen molar-refractivity contribution in [3.05, 3.63) is 58.9 Å². The van der Waals surface area contributed by atoms with E-state index < -0.39 is 18.3 Å². The van der Waals surface area contributed by atoms with Crippen molar-refractivity contribution < 1.29 is 25.2 Å². The van der Waals surface area contributed by atoms with Crippen LogP contribution in [-0.2, 0) is 17.8 Å². The number of pyridine rings is 1. The molecule has 0 bridgehead atoms. The van der Waals surface area contributed by atoms with Crippen LogP contribution in [0.5, 0.6) is 5.75 Å². The van der Waals surface area contributed by atoms with Crippen molar-refractivity contribution >= 4 is 12.2 Å². The number of carboxylic acids is 1. The summed E-state index contributed by atoms with van der Waals surface area (Å²) in [6, 6.07) is 8.58. The number of hydrogen-bond donors (Lipinski definition) is 4. The van der Waals surface area contributed by atoms with Gasteiger partial charge in [-0.15, -0.1) is 0 Å². The fraction of sp³-hybridized carbons (Fsp3) is 0.235. The summed E-state index contributed by atoms with van der Waals surface area (Å²) in [5.74, 6) is -1.74. The molecule has 1 aromatic carbocycles. The number of aliphatic imine (C=N–C) groups is 1. The van der Waals surface area contributed by atoms with E-state index in [1.807, 2.05) is 0 Å². The van der Waals surface area contributed by atoms with Gasteiger partial charge in [-0.1, -0.05) is 30.3 Å². The standard InChI is InChI=1S/C17H18N2O5/c1-11-15(21)14(13(10-20)8-18-11)9-19-17(24,16(22)23)7-12-5-3-2-4-6-12/h2-6,8-9,20-21,24H,7,10H2,1H3,(H,22,23)/b19-9+. The molecular formula is C17H18N2O5. The Morgan fingerprint density at radius 2 is 2.00 bits per heavy atom. The molecule has 1 atom stereocenters.